The quantitative estimate of drug-likeness (QED) is 0.458. The van der Waals surface area contributed by atoms with Crippen molar-refractivity contribution >= 4 is 29.6 Å². The van der Waals surface area contributed by atoms with Crippen LogP contribution in [0.15, 0.2) is 6.33 Å². The standard InChI is InChI=1S/C8H13N5S/c1-14-3-2-11-8-6(4-9)7(10)12-5-13-8/h4-5,9H,2-3H2,1H3,(H3,10,11,12,13)/p+1. The van der Waals surface area contributed by atoms with Gasteiger partial charge in [-0.3, -0.25) is 5.32 Å². The maximum absolute atomic E-state index is 7.20. The molecule has 1 aromatic rings. The lowest BCUT2D eigenvalue weighted by molar-refractivity contribution is -0.570. The summed E-state index contributed by atoms with van der Waals surface area (Å²) < 4.78 is 0. The second-order valence-corrected chi connectivity index (χ2v) is 3.67. The maximum atomic E-state index is 7.20. The van der Waals surface area contributed by atoms with Crippen molar-refractivity contribution in [2.75, 3.05) is 24.3 Å². The number of anilines is 1. The molecule has 0 bridgehead atoms. The van der Waals surface area contributed by atoms with Crippen LogP contribution in [0.3, 0.4) is 0 Å². The Morgan fingerprint density at radius 2 is 2.43 bits per heavy atom. The number of aromatic nitrogens is 2. The summed E-state index contributed by atoms with van der Waals surface area (Å²) in [4.78, 5) is 7.90. The molecule has 0 atom stereocenters. The maximum Gasteiger partial charge on any atom is 0.238 e. The minimum absolute atomic E-state index is 0.366. The number of hydrogen-bond donors (Lipinski definition) is 3. The predicted molar refractivity (Wildman–Crippen MR) is 59.2 cm³/mol. The molecule has 0 aromatic carbocycles. The molecule has 0 aliphatic rings. The fraction of sp³-hybridized carbons (Fsp3) is 0.375. The van der Waals surface area contributed by atoms with E-state index in [2.05, 4.69) is 16.2 Å². The number of nitrogens with one attached hydrogen (secondary N) is 1. The third-order valence-electron chi connectivity index (χ3n) is 1.75. The molecule has 1 rings (SSSR count). The Kier molecular flexibility index (Phi) is 4.34. The van der Waals surface area contributed by atoms with Gasteiger partial charge in [0, 0.05) is 12.0 Å². The lowest BCUT2D eigenvalue weighted by atomic mass is 10.3. The molecule has 1 heterocycles. The van der Waals surface area contributed by atoms with E-state index in [4.69, 9.17) is 11.1 Å². The van der Waals surface area contributed by atoms with Crippen LogP contribution in [0.25, 0.3) is 0 Å². The molecule has 0 unspecified atom stereocenters. The zero-order valence-electron chi connectivity index (χ0n) is 8.03. The van der Waals surface area contributed by atoms with Gasteiger partial charge in [-0.2, -0.15) is 16.7 Å². The van der Waals surface area contributed by atoms with E-state index in [1.54, 1.807) is 11.8 Å². The van der Waals surface area contributed by atoms with Crippen LogP contribution in [0.4, 0.5) is 11.6 Å². The van der Waals surface area contributed by atoms with E-state index in [9.17, 15) is 0 Å². The van der Waals surface area contributed by atoms with Gasteiger partial charge >= 0.3 is 0 Å². The Hall–Kier alpha value is -1.14. The van der Waals surface area contributed by atoms with Crippen molar-refractivity contribution in [2.45, 2.75) is 0 Å². The highest BCUT2D eigenvalue weighted by Crippen LogP contribution is 2.08. The van der Waals surface area contributed by atoms with Gasteiger partial charge in [-0.1, -0.05) is 0 Å². The molecule has 0 aliphatic carbocycles. The summed E-state index contributed by atoms with van der Waals surface area (Å²) in [6.07, 6.45) is 4.67. The van der Waals surface area contributed by atoms with Crippen LogP contribution in [-0.4, -0.2) is 34.7 Å². The number of quaternary nitrogens is 1. The summed E-state index contributed by atoms with van der Waals surface area (Å²) in [5, 5.41) is 9.18. The fourth-order valence-corrected chi connectivity index (χ4v) is 1.40. The SMILES string of the molecule is CSCC[NH2+]c1ncnc(N)c1C=N. The van der Waals surface area contributed by atoms with Crippen LogP contribution >= 0.6 is 11.8 Å². The molecule has 14 heavy (non-hydrogen) atoms. The first-order valence-corrected chi connectivity index (χ1v) is 5.62. The molecule has 5 N–H and O–H groups in total. The molecule has 0 fully saturated rings. The molecule has 0 saturated heterocycles. The van der Waals surface area contributed by atoms with Gasteiger partial charge in [-0.25, -0.2) is 4.98 Å². The molecule has 0 radical (unpaired) electrons. The van der Waals surface area contributed by atoms with E-state index >= 15 is 0 Å². The third kappa shape index (κ3) is 2.68. The van der Waals surface area contributed by atoms with Gasteiger partial charge in [-0.05, 0) is 6.26 Å². The summed E-state index contributed by atoms with van der Waals surface area (Å²) in [7, 11) is 0. The van der Waals surface area contributed by atoms with Crippen molar-refractivity contribution in [3.8, 4) is 0 Å². The van der Waals surface area contributed by atoms with E-state index in [0.29, 0.717) is 11.4 Å². The Bertz CT molecular complexity index is 315. The van der Waals surface area contributed by atoms with Gasteiger partial charge < -0.3 is 11.1 Å². The second kappa shape index (κ2) is 5.56. The van der Waals surface area contributed by atoms with Gasteiger partial charge in [0.15, 0.2) is 0 Å². The molecule has 0 saturated carbocycles. The van der Waals surface area contributed by atoms with Gasteiger partial charge in [0.05, 0.1) is 6.54 Å². The van der Waals surface area contributed by atoms with Gasteiger partial charge in [-0.15, -0.1) is 0 Å². The third-order valence-corrected chi connectivity index (χ3v) is 2.39. The van der Waals surface area contributed by atoms with E-state index in [1.165, 1.54) is 12.5 Å². The van der Waals surface area contributed by atoms with Crippen molar-refractivity contribution in [2.24, 2.45) is 0 Å². The number of nitrogens with zero attached hydrogens (tertiary/aromatic N) is 2. The van der Waals surface area contributed by atoms with Gasteiger partial charge in [0.2, 0.25) is 5.82 Å². The number of rotatable bonds is 5. The summed E-state index contributed by atoms with van der Waals surface area (Å²) in [6.45, 7) is 0.929. The molecule has 1 aromatic heterocycles. The van der Waals surface area contributed by atoms with Gasteiger partial charge in [0.1, 0.15) is 17.7 Å². The molecule has 76 valence electrons. The first kappa shape index (κ1) is 10.9. The summed E-state index contributed by atoms with van der Waals surface area (Å²) in [6, 6.07) is 0. The summed E-state index contributed by atoms with van der Waals surface area (Å²) in [5.74, 6) is 2.16. The van der Waals surface area contributed by atoms with Crippen LogP contribution in [-0.2, 0) is 0 Å². The Morgan fingerprint density at radius 3 is 3.07 bits per heavy atom. The normalized spacial score (nSPS) is 10.1. The topological polar surface area (TPSA) is 92.3 Å². The highest BCUT2D eigenvalue weighted by Gasteiger charge is 2.09. The Balaban J connectivity index is 2.75. The molecular weight excluding hydrogens is 198 g/mol. The Morgan fingerprint density at radius 1 is 1.64 bits per heavy atom. The van der Waals surface area contributed by atoms with E-state index in [0.717, 1.165) is 18.1 Å². The number of thioether (sulfide) groups is 1. The highest BCUT2D eigenvalue weighted by molar-refractivity contribution is 7.98. The van der Waals surface area contributed by atoms with Crippen molar-refractivity contribution in [1.29, 1.82) is 5.41 Å². The lowest BCUT2D eigenvalue weighted by Crippen LogP contribution is -2.79. The number of nitrogens with two attached hydrogens (primary N) is 2. The van der Waals surface area contributed by atoms with Crippen LogP contribution in [0, 0.1) is 5.41 Å². The van der Waals surface area contributed by atoms with Crippen LogP contribution in [0.5, 0.6) is 0 Å². The lowest BCUT2D eigenvalue weighted by Gasteiger charge is -2.03. The zero-order chi connectivity index (χ0) is 10.4. The van der Waals surface area contributed by atoms with Gasteiger partial charge in [0.25, 0.3) is 0 Å². The van der Waals surface area contributed by atoms with Crippen molar-refractivity contribution in [1.82, 2.24) is 9.97 Å². The molecule has 0 spiro atoms. The molecular formula is C8H14N5S+. The van der Waals surface area contributed by atoms with Crippen molar-refractivity contribution in [3.05, 3.63) is 11.9 Å². The monoisotopic (exact) mass is 212 g/mol. The Labute approximate surface area is 87.0 Å². The second-order valence-electron chi connectivity index (χ2n) is 2.69. The minimum Gasteiger partial charge on any atom is -0.383 e. The number of nitrogen functional groups attached to an aromatic ring is 1. The van der Waals surface area contributed by atoms with Crippen LogP contribution in [0.1, 0.15) is 5.56 Å². The van der Waals surface area contributed by atoms with Crippen molar-refractivity contribution in [3.63, 3.8) is 0 Å². The first-order valence-electron chi connectivity index (χ1n) is 4.22. The smallest absolute Gasteiger partial charge is 0.238 e. The fourth-order valence-electron chi connectivity index (χ4n) is 1.05. The average molecular weight is 212 g/mol. The zero-order valence-corrected chi connectivity index (χ0v) is 8.84. The minimum atomic E-state index is 0.366. The molecule has 5 nitrogen and oxygen atoms in total. The van der Waals surface area contributed by atoms with Crippen LogP contribution < -0.4 is 11.1 Å². The molecule has 0 amide bonds. The summed E-state index contributed by atoms with van der Waals surface area (Å²) in [5.41, 5.74) is 6.21. The van der Waals surface area contributed by atoms with Crippen molar-refractivity contribution < 1.29 is 5.32 Å². The molecule has 0 aliphatic heterocycles. The van der Waals surface area contributed by atoms with E-state index in [1.807, 2.05) is 5.32 Å². The molecule has 6 heteroatoms. The predicted octanol–water partition coefficient (Wildman–Crippen LogP) is -0.386. The average Bonchev–Trinajstić information content (AvgIpc) is 2.18. The highest BCUT2D eigenvalue weighted by atomic mass is 32.2. The first-order chi connectivity index (χ1) is 6.79. The number of hydrogen-bond acceptors (Lipinski definition) is 5. The largest absolute Gasteiger partial charge is 0.383 e. The van der Waals surface area contributed by atoms with E-state index in [-0.39, 0.29) is 0 Å². The van der Waals surface area contributed by atoms with Crippen LogP contribution in [0.2, 0.25) is 0 Å². The summed E-state index contributed by atoms with van der Waals surface area (Å²) >= 11 is 1.78. The van der Waals surface area contributed by atoms with E-state index < -0.39 is 0 Å².